The molecule has 1 atom stereocenters. The highest BCUT2D eigenvalue weighted by Gasteiger charge is 2.25. The van der Waals surface area contributed by atoms with Crippen molar-refractivity contribution in [3.8, 4) is 0 Å². The van der Waals surface area contributed by atoms with Crippen LogP contribution in [0.5, 0.6) is 0 Å². The van der Waals surface area contributed by atoms with E-state index < -0.39 is 0 Å². The molecule has 2 rings (SSSR count). The van der Waals surface area contributed by atoms with Gasteiger partial charge in [0.05, 0.1) is 6.04 Å². The summed E-state index contributed by atoms with van der Waals surface area (Å²) in [5.41, 5.74) is 7.30. The number of hydrogen-bond acceptors (Lipinski definition) is 2. The van der Waals surface area contributed by atoms with E-state index in [1.54, 1.807) is 6.21 Å². The van der Waals surface area contributed by atoms with Crippen LogP contribution in [0.15, 0.2) is 29.4 Å². The Balaban J connectivity index is 2.05. The first-order valence-electron chi connectivity index (χ1n) is 5.78. The van der Waals surface area contributed by atoms with Gasteiger partial charge in [0, 0.05) is 5.70 Å². The van der Waals surface area contributed by atoms with Crippen LogP contribution in [0.2, 0.25) is 0 Å². The number of amidine groups is 2. The van der Waals surface area contributed by atoms with Gasteiger partial charge in [0.1, 0.15) is 0 Å². The Hall–Kier alpha value is -1.74. The molecule has 2 radical (unpaired) electrons. The molecule has 0 bridgehead atoms. The number of hydrogen-bond donors (Lipinski definition) is 2. The van der Waals surface area contributed by atoms with Crippen LogP contribution < -0.4 is 15.7 Å². The average Bonchev–Trinajstić information content (AvgIpc) is 3.04. The summed E-state index contributed by atoms with van der Waals surface area (Å²) in [5.74, 6) is 1.23. The number of aliphatic imine (C=N–C) groups is 1. The molecule has 0 aromatic heterocycles. The minimum Gasteiger partial charge on any atom is -0.402 e. The summed E-state index contributed by atoms with van der Waals surface area (Å²) < 4.78 is 3.91. The van der Waals surface area contributed by atoms with Crippen molar-refractivity contribution in [2.45, 2.75) is 25.3 Å². The van der Waals surface area contributed by atoms with Crippen molar-refractivity contribution in [2.24, 2.45) is 16.6 Å². The summed E-state index contributed by atoms with van der Waals surface area (Å²) in [4.78, 5) is 4.49. The highest BCUT2D eigenvalue weighted by molar-refractivity contribution is 6.64. The van der Waals surface area contributed by atoms with E-state index in [0.717, 1.165) is 12.1 Å². The first kappa shape index (κ1) is 11.7. The second-order valence-corrected chi connectivity index (χ2v) is 4.32. The fourth-order valence-corrected chi connectivity index (χ4v) is 1.67. The predicted molar refractivity (Wildman–Crippen MR) is 73.1 cm³/mol. The van der Waals surface area contributed by atoms with Gasteiger partial charge >= 0.3 is 0 Å². The van der Waals surface area contributed by atoms with Gasteiger partial charge in [-0.25, -0.2) is 15.0 Å². The molecular weight excluding hydrogens is 211 g/mol. The number of allylic oxidation sites excluding steroid dienone is 1. The molecule has 1 fully saturated rings. The molecule has 1 saturated carbocycles. The molecule has 1 aliphatic carbocycles. The molecule has 5 heteroatoms. The Bertz CT molecular complexity index is 439. The Morgan fingerprint density at radius 1 is 1.76 bits per heavy atom. The van der Waals surface area contributed by atoms with Crippen molar-refractivity contribution >= 4 is 25.6 Å². The molecule has 0 aromatic rings. The molecule has 1 unspecified atom stereocenters. The predicted octanol–water partition coefficient (Wildman–Crippen LogP) is -0.152. The third kappa shape index (κ3) is 3.36. The summed E-state index contributed by atoms with van der Waals surface area (Å²) in [6, 6.07) is 0.00736. The summed E-state index contributed by atoms with van der Waals surface area (Å²) >= 11 is 0. The normalized spacial score (nSPS) is 23.4. The number of rotatable bonds is 5. The highest BCUT2D eigenvalue weighted by atomic mass is 15.1. The van der Waals surface area contributed by atoms with E-state index in [9.17, 15) is 0 Å². The quantitative estimate of drug-likeness (QED) is 0.389. The largest absolute Gasteiger partial charge is 0.402 e. The van der Waals surface area contributed by atoms with Crippen molar-refractivity contribution in [1.82, 2.24) is 9.98 Å². The topological polar surface area (TPSA) is 64.5 Å². The molecule has 1 aliphatic heterocycles. The standard InChI is InChI=1S/C12H15BN4/c1-2-3-9(6-10(14)8-4-5-8)16-11-7-15-12(13)17-11/h2,6-9H,1,3-5,14H2/p+1. The second kappa shape index (κ2) is 5.06. The zero-order valence-electron chi connectivity index (χ0n) is 9.76. The molecule has 0 amide bonds. The second-order valence-electron chi connectivity index (χ2n) is 4.32. The molecule has 0 spiro atoms. The van der Waals surface area contributed by atoms with Crippen molar-refractivity contribution in [1.29, 1.82) is 0 Å². The molecule has 1 heterocycles. The maximum atomic E-state index is 5.99. The van der Waals surface area contributed by atoms with Gasteiger partial charge in [-0.15, -0.1) is 6.58 Å². The zero-order chi connectivity index (χ0) is 12.3. The lowest BCUT2D eigenvalue weighted by atomic mass is 10.1. The lowest BCUT2D eigenvalue weighted by Gasteiger charge is -2.06. The average molecular weight is 227 g/mol. The van der Waals surface area contributed by atoms with Crippen molar-refractivity contribution in [2.75, 3.05) is 0 Å². The smallest absolute Gasteiger partial charge is 0.276 e. The molecule has 0 aromatic carbocycles. The Kier molecular flexibility index (Phi) is 3.50. The fourth-order valence-electron chi connectivity index (χ4n) is 1.67. The summed E-state index contributed by atoms with van der Waals surface area (Å²) in [5, 5.41) is 2.88. The summed E-state index contributed by atoms with van der Waals surface area (Å²) in [7, 11) is 5.50. The van der Waals surface area contributed by atoms with Crippen LogP contribution in [0.1, 0.15) is 19.3 Å². The summed E-state index contributed by atoms with van der Waals surface area (Å²) in [6.45, 7) is 3.73. The number of nitrogens with two attached hydrogens (primary N) is 1. The lowest BCUT2D eigenvalue weighted by Crippen LogP contribution is -2.28. The maximum Gasteiger partial charge on any atom is 0.276 e. The van der Waals surface area contributed by atoms with Crippen LogP contribution >= 0.6 is 0 Å². The minimum atomic E-state index is 0.00736. The van der Waals surface area contributed by atoms with Gasteiger partial charge in [0.2, 0.25) is 0 Å². The van der Waals surface area contributed by atoms with Crippen LogP contribution in [0.25, 0.3) is 0 Å². The Labute approximate surface area is 103 Å². The zero-order valence-corrected chi connectivity index (χ0v) is 9.76. The third-order valence-electron chi connectivity index (χ3n) is 2.73. The van der Waals surface area contributed by atoms with Crippen molar-refractivity contribution in [3.05, 3.63) is 24.4 Å². The first-order valence-corrected chi connectivity index (χ1v) is 5.78. The monoisotopic (exact) mass is 227 g/mol. The van der Waals surface area contributed by atoms with Crippen LogP contribution in [-0.4, -0.2) is 31.7 Å². The number of nitrogens with zero attached hydrogens (tertiary/aromatic N) is 2. The van der Waals surface area contributed by atoms with Gasteiger partial charge in [0.25, 0.3) is 25.6 Å². The minimum absolute atomic E-state index is 0.00736. The third-order valence-corrected chi connectivity index (χ3v) is 2.73. The number of nitrogens with one attached hydrogen (secondary N) is 1. The molecule has 3 N–H and O–H groups in total. The van der Waals surface area contributed by atoms with Crippen LogP contribution in [0.3, 0.4) is 0 Å². The highest BCUT2D eigenvalue weighted by Crippen LogP contribution is 2.34. The van der Waals surface area contributed by atoms with Gasteiger partial charge in [-0.05, 0) is 31.3 Å². The van der Waals surface area contributed by atoms with Gasteiger partial charge in [-0.2, -0.15) is 0 Å². The van der Waals surface area contributed by atoms with Crippen molar-refractivity contribution in [3.63, 3.8) is 0 Å². The van der Waals surface area contributed by atoms with Gasteiger partial charge in [-0.1, -0.05) is 6.08 Å². The van der Waals surface area contributed by atoms with E-state index in [1.807, 2.05) is 12.2 Å². The molecular formula is C12H16BN4+. The first-order chi connectivity index (χ1) is 8.19. The van der Waals surface area contributed by atoms with E-state index in [-0.39, 0.29) is 6.04 Å². The fraction of sp³-hybridized carbons (Fsp3) is 0.417. The van der Waals surface area contributed by atoms with Gasteiger partial charge in [-0.3, -0.25) is 0 Å². The Morgan fingerprint density at radius 3 is 3.06 bits per heavy atom. The van der Waals surface area contributed by atoms with Crippen molar-refractivity contribution < 1.29 is 0 Å². The van der Waals surface area contributed by atoms with Crippen LogP contribution in [-0.2, 0) is 0 Å². The van der Waals surface area contributed by atoms with E-state index in [0.29, 0.717) is 17.5 Å². The summed E-state index contributed by atoms with van der Waals surface area (Å²) in [6.07, 6.45) is 8.61. The Morgan fingerprint density at radius 2 is 2.53 bits per heavy atom. The van der Waals surface area contributed by atoms with Crippen LogP contribution in [0.4, 0.5) is 0 Å². The van der Waals surface area contributed by atoms with Crippen LogP contribution in [0, 0.1) is 5.92 Å². The SMILES string of the molecule is [B]C1=[N+]=CC(=NC(C=C(N)C2CC2)CC=C)N1. The maximum absolute atomic E-state index is 5.99. The molecule has 2 aliphatic rings. The molecule has 86 valence electrons. The molecule has 0 saturated heterocycles. The van der Waals surface area contributed by atoms with E-state index in [2.05, 4.69) is 21.6 Å². The lowest BCUT2D eigenvalue weighted by molar-refractivity contribution is 0.809. The van der Waals surface area contributed by atoms with E-state index in [1.165, 1.54) is 12.8 Å². The van der Waals surface area contributed by atoms with Gasteiger partial charge in [0.15, 0.2) is 0 Å². The van der Waals surface area contributed by atoms with E-state index in [4.69, 9.17) is 13.6 Å². The van der Waals surface area contributed by atoms with E-state index >= 15 is 0 Å². The van der Waals surface area contributed by atoms with Gasteiger partial charge < -0.3 is 5.73 Å². The molecule has 4 nitrogen and oxygen atoms in total. The molecule has 17 heavy (non-hydrogen) atoms.